The number of hydrogen-bond acceptors (Lipinski definition) is 5. The molecule has 0 saturated heterocycles. The van der Waals surface area contributed by atoms with E-state index in [9.17, 15) is 0 Å². The number of aromatic nitrogens is 2. The van der Waals surface area contributed by atoms with Crippen LogP contribution in [-0.2, 0) is 5.75 Å². The van der Waals surface area contributed by atoms with Gasteiger partial charge < -0.3 is 4.74 Å². The second-order valence-electron chi connectivity index (χ2n) is 4.64. The van der Waals surface area contributed by atoms with E-state index in [-0.39, 0.29) is 0 Å². The summed E-state index contributed by atoms with van der Waals surface area (Å²) in [4.78, 5) is 4.58. The van der Waals surface area contributed by atoms with Gasteiger partial charge in [-0.05, 0) is 59.6 Å². The summed E-state index contributed by atoms with van der Waals surface area (Å²) in [5.74, 6) is 2.38. The van der Waals surface area contributed by atoms with Crippen LogP contribution in [0.4, 0.5) is 0 Å². The van der Waals surface area contributed by atoms with Crippen molar-refractivity contribution in [3.05, 3.63) is 57.5 Å². The van der Waals surface area contributed by atoms with E-state index >= 15 is 0 Å². The highest BCUT2D eigenvalue weighted by molar-refractivity contribution is 9.10. The molecular formula is C16H12BrClN2OS2. The predicted molar refractivity (Wildman–Crippen MR) is 101 cm³/mol. The van der Waals surface area contributed by atoms with E-state index in [0.717, 1.165) is 37.3 Å². The molecule has 0 saturated carbocycles. The van der Waals surface area contributed by atoms with Crippen LogP contribution in [0.2, 0.25) is 5.02 Å². The minimum absolute atomic E-state index is 0.710. The zero-order valence-corrected chi connectivity index (χ0v) is 16.1. The van der Waals surface area contributed by atoms with Crippen LogP contribution in [0.25, 0.3) is 11.4 Å². The fourth-order valence-corrected chi connectivity index (χ4v) is 4.22. The Kier molecular flexibility index (Phi) is 5.58. The van der Waals surface area contributed by atoms with Gasteiger partial charge in [-0.1, -0.05) is 39.3 Å². The first-order valence-electron chi connectivity index (χ1n) is 6.70. The van der Waals surface area contributed by atoms with Crippen LogP contribution in [0.15, 0.2) is 51.3 Å². The maximum Gasteiger partial charge on any atom is 0.174 e. The molecule has 0 aliphatic rings. The molecule has 118 valence electrons. The van der Waals surface area contributed by atoms with Crippen LogP contribution in [0.3, 0.4) is 0 Å². The van der Waals surface area contributed by atoms with E-state index in [2.05, 4.69) is 25.3 Å². The molecule has 1 aromatic heterocycles. The lowest BCUT2D eigenvalue weighted by Crippen LogP contribution is -1.87. The van der Waals surface area contributed by atoms with Gasteiger partial charge in [0.05, 0.1) is 7.11 Å². The van der Waals surface area contributed by atoms with E-state index in [4.69, 9.17) is 16.3 Å². The average molecular weight is 428 g/mol. The van der Waals surface area contributed by atoms with Crippen LogP contribution < -0.4 is 4.74 Å². The fourth-order valence-electron chi connectivity index (χ4n) is 1.91. The van der Waals surface area contributed by atoms with Gasteiger partial charge in [-0.25, -0.2) is 4.98 Å². The molecule has 0 spiro atoms. The van der Waals surface area contributed by atoms with Crippen molar-refractivity contribution in [2.24, 2.45) is 0 Å². The number of nitrogens with zero attached hydrogens (tertiary/aromatic N) is 2. The second kappa shape index (κ2) is 7.66. The van der Waals surface area contributed by atoms with E-state index in [1.165, 1.54) is 11.5 Å². The summed E-state index contributed by atoms with van der Waals surface area (Å²) in [6, 6.07) is 13.5. The van der Waals surface area contributed by atoms with Crippen molar-refractivity contribution >= 4 is 50.8 Å². The Morgan fingerprint density at radius 1 is 1.22 bits per heavy atom. The Labute approximate surface area is 156 Å². The number of rotatable bonds is 5. The summed E-state index contributed by atoms with van der Waals surface area (Å²) in [5, 5.41) is 0.710. The van der Waals surface area contributed by atoms with Crippen LogP contribution in [-0.4, -0.2) is 16.5 Å². The number of hydrogen-bond donors (Lipinski definition) is 0. The molecule has 2 aromatic carbocycles. The summed E-state index contributed by atoms with van der Waals surface area (Å²) in [6.45, 7) is 0. The van der Waals surface area contributed by atoms with Gasteiger partial charge in [0.15, 0.2) is 10.2 Å². The van der Waals surface area contributed by atoms with E-state index in [0.29, 0.717) is 5.02 Å². The molecule has 23 heavy (non-hydrogen) atoms. The Morgan fingerprint density at radius 2 is 2.00 bits per heavy atom. The molecule has 7 heteroatoms. The van der Waals surface area contributed by atoms with Gasteiger partial charge in [0.2, 0.25) is 0 Å². The lowest BCUT2D eigenvalue weighted by Gasteiger charge is -2.05. The molecule has 3 rings (SSSR count). The third kappa shape index (κ3) is 4.26. The fraction of sp³-hybridized carbons (Fsp3) is 0.125. The van der Waals surface area contributed by atoms with Crippen molar-refractivity contribution < 1.29 is 4.74 Å². The van der Waals surface area contributed by atoms with Gasteiger partial charge in [-0.2, -0.15) is 4.37 Å². The minimum atomic E-state index is 0.710. The van der Waals surface area contributed by atoms with Gasteiger partial charge in [0.25, 0.3) is 0 Å². The normalized spacial score (nSPS) is 10.7. The summed E-state index contributed by atoms with van der Waals surface area (Å²) in [6.07, 6.45) is 0. The number of thioether (sulfide) groups is 1. The van der Waals surface area contributed by atoms with Crippen LogP contribution in [0, 0.1) is 0 Å². The van der Waals surface area contributed by atoms with Crippen LogP contribution in [0.5, 0.6) is 5.75 Å². The van der Waals surface area contributed by atoms with Crippen molar-refractivity contribution in [2.45, 2.75) is 10.1 Å². The van der Waals surface area contributed by atoms with E-state index in [1.54, 1.807) is 18.9 Å². The molecule has 0 aliphatic heterocycles. The highest BCUT2D eigenvalue weighted by atomic mass is 79.9. The van der Waals surface area contributed by atoms with Gasteiger partial charge in [0, 0.05) is 20.8 Å². The molecule has 0 bridgehead atoms. The molecule has 3 nitrogen and oxygen atoms in total. The Morgan fingerprint density at radius 3 is 2.74 bits per heavy atom. The van der Waals surface area contributed by atoms with Gasteiger partial charge >= 0.3 is 0 Å². The zero-order valence-electron chi connectivity index (χ0n) is 12.1. The first kappa shape index (κ1) is 16.8. The molecule has 1 heterocycles. The van der Waals surface area contributed by atoms with E-state index in [1.807, 2.05) is 42.5 Å². The molecule has 0 unspecified atom stereocenters. The Bertz CT molecular complexity index is 808. The molecule has 3 aromatic rings. The lowest BCUT2D eigenvalue weighted by molar-refractivity contribution is 0.414. The van der Waals surface area contributed by atoms with Crippen molar-refractivity contribution in [1.82, 2.24) is 9.36 Å². The average Bonchev–Trinajstić information content (AvgIpc) is 3.04. The van der Waals surface area contributed by atoms with Gasteiger partial charge in [0.1, 0.15) is 5.75 Å². The number of halogens is 2. The highest BCUT2D eigenvalue weighted by Gasteiger charge is 2.09. The van der Waals surface area contributed by atoms with Gasteiger partial charge in [-0.3, -0.25) is 0 Å². The molecular weight excluding hydrogens is 416 g/mol. The summed E-state index contributed by atoms with van der Waals surface area (Å²) in [7, 11) is 1.67. The largest absolute Gasteiger partial charge is 0.497 e. The van der Waals surface area contributed by atoms with Crippen molar-refractivity contribution in [3.63, 3.8) is 0 Å². The third-order valence-corrected chi connectivity index (χ3v) is 6.02. The summed E-state index contributed by atoms with van der Waals surface area (Å²) in [5.41, 5.74) is 2.14. The zero-order chi connectivity index (χ0) is 16.2. The van der Waals surface area contributed by atoms with Crippen molar-refractivity contribution in [3.8, 4) is 17.1 Å². The van der Waals surface area contributed by atoms with Crippen molar-refractivity contribution in [2.75, 3.05) is 7.11 Å². The van der Waals surface area contributed by atoms with E-state index < -0.39 is 0 Å². The molecule has 0 atom stereocenters. The minimum Gasteiger partial charge on any atom is -0.497 e. The molecule has 0 amide bonds. The van der Waals surface area contributed by atoms with Crippen molar-refractivity contribution in [1.29, 1.82) is 0 Å². The lowest BCUT2D eigenvalue weighted by atomic mass is 10.2. The maximum absolute atomic E-state index is 5.90. The predicted octanol–water partition coefficient (Wildman–Crippen LogP) is 5.92. The topological polar surface area (TPSA) is 35.0 Å². The number of ether oxygens (including phenoxy) is 1. The maximum atomic E-state index is 5.90. The van der Waals surface area contributed by atoms with Crippen LogP contribution in [0.1, 0.15) is 5.56 Å². The molecule has 0 radical (unpaired) electrons. The Balaban J connectivity index is 1.71. The Hall–Kier alpha value is -1.08. The van der Waals surface area contributed by atoms with Crippen LogP contribution >= 0.6 is 50.8 Å². The monoisotopic (exact) mass is 426 g/mol. The first-order valence-corrected chi connectivity index (χ1v) is 9.63. The standard InChI is InChI=1S/C16H12BrClN2OS2/c1-21-13-6-7-14(17)11(8-13)9-22-16-19-15(20-23-16)10-2-4-12(18)5-3-10/h2-8H,9H2,1H3. The number of methoxy groups -OCH3 is 1. The molecule has 0 N–H and O–H groups in total. The number of benzene rings is 2. The second-order valence-corrected chi connectivity index (χ2v) is 7.90. The smallest absolute Gasteiger partial charge is 0.174 e. The third-order valence-electron chi connectivity index (χ3n) is 3.11. The first-order chi connectivity index (χ1) is 11.2. The quantitative estimate of drug-likeness (QED) is 0.473. The SMILES string of the molecule is COc1ccc(Br)c(CSc2nc(-c3ccc(Cl)cc3)ns2)c1. The summed E-state index contributed by atoms with van der Waals surface area (Å²) < 4.78 is 11.7. The van der Waals surface area contributed by atoms with Gasteiger partial charge in [-0.15, -0.1) is 0 Å². The highest BCUT2D eigenvalue weighted by Crippen LogP contribution is 2.32. The molecule has 0 aliphatic carbocycles. The molecule has 0 fully saturated rings. The summed E-state index contributed by atoms with van der Waals surface area (Å²) >= 11 is 12.5.